The van der Waals surface area contributed by atoms with Crippen molar-refractivity contribution in [1.29, 1.82) is 0 Å². The Balaban J connectivity index is 2.25. The predicted octanol–water partition coefficient (Wildman–Crippen LogP) is 2.40. The molecule has 0 aliphatic carbocycles. The first-order valence-corrected chi connectivity index (χ1v) is 6.74. The monoisotopic (exact) mass is 248 g/mol. The molecule has 1 aromatic rings. The molecule has 18 heavy (non-hydrogen) atoms. The van der Waals surface area contributed by atoms with Gasteiger partial charge in [0.15, 0.2) is 0 Å². The fraction of sp³-hybridized carbons (Fsp3) is 0.600. The van der Waals surface area contributed by atoms with Crippen molar-refractivity contribution in [2.45, 2.75) is 39.0 Å². The van der Waals surface area contributed by atoms with E-state index >= 15 is 0 Å². The van der Waals surface area contributed by atoms with Crippen LogP contribution in [0.1, 0.15) is 25.8 Å². The van der Waals surface area contributed by atoms with Crippen LogP contribution in [-0.4, -0.2) is 25.7 Å². The second-order valence-electron chi connectivity index (χ2n) is 5.31. The largest absolute Gasteiger partial charge is 0.380 e. The van der Waals surface area contributed by atoms with Crippen LogP contribution in [0.15, 0.2) is 24.3 Å². The maximum atomic E-state index is 6.15. The molecule has 2 rings (SSSR count). The number of hydrogen-bond donors (Lipinski definition) is 1. The fourth-order valence-electron chi connectivity index (χ4n) is 2.80. The number of hydrogen-bond acceptors (Lipinski definition) is 3. The van der Waals surface area contributed by atoms with Gasteiger partial charge < -0.3 is 15.4 Å². The van der Waals surface area contributed by atoms with Gasteiger partial charge in [-0.2, -0.15) is 0 Å². The lowest BCUT2D eigenvalue weighted by Crippen LogP contribution is -2.52. The second-order valence-corrected chi connectivity index (χ2v) is 5.31. The molecule has 1 aromatic carbocycles. The van der Waals surface area contributed by atoms with Gasteiger partial charge in [-0.1, -0.05) is 25.1 Å². The van der Waals surface area contributed by atoms with E-state index in [-0.39, 0.29) is 0 Å². The molecule has 0 aromatic heterocycles. The Bertz CT molecular complexity index is 394. The minimum Gasteiger partial charge on any atom is -0.380 e. The Morgan fingerprint density at radius 2 is 2.06 bits per heavy atom. The lowest BCUT2D eigenvalue weighted by atomic mass is 9.87. The lowest BCUT2D eigenvalue weighted by molar-refractivity contribution is 0.184. The van der Waals surface area contributed by atoms with Gasteiger partial charge in [-0.3, -0.25) is 0 Å². The van der Waals surface area contributed by atoms with Crippen LogP contribution >= 0.6 is 0 Å². The summed E-state index contributed by atoms with van der Waals surface area (Å²) >= 11 is 0. The van der Waals surface area contributed by atoms with Gasteiger partial charge in [-0.25, -0.2) is 0 Å². The lowest BCUT2D eigenvalue weighted by Gasteiger charge is -2.43. The topological polar surface area (TPSA) is 38.5 Å². The first kappa shape index (κ1) is 13.4. The van der Waals surface area contributed by atoms with Crippen molar-refractivity contribution < 1.29 is 4.74 Å². The highest BCUT2D eigenvalue weighted by atomic mass is 16.5. The molecule has 1 aliphatic rings. The molecule has 1 fully saturated rings. The molecule has 1 aliphatic heterocycles. The minimum atomic E-state index is 0.325. The number of piperidine rings is 1. The third-order valence-electron chi connectivity index (χ3n) is 4.23. The summed E-state index contributed by atoms with van der Waals surface area (Å²) in [6, 6.07) is 9.30. The molecule has 3 heteroatoms. The Morgan fingerprint density at radius 3 is 2.78 bits per heavy atom. The normalized spacial score (nSPS) is 28.4. The van der Waals surface area contributed by atoms with Gasteiger partial charge in [0, 0.05) is 37.0 Å². The highest BCUT2D eigenvalue weighted by Crippen LogP contribution is 2.30. The molecular weight excluding hydrogens is 224 g/mol. The van der Waals surface area contributed by atoms with Crippen molar-refractivity contribution in [2.75, 3.05) is 18.6 Å². The maximum absolute atomic E-state index is 6.15. The highest BCUT2D eigenvalue weighted by Gasteiger charge is 2.31. The summed E-state index contributed by atoms with van der Waals surface area (Å²) in [6.45, 7) is 6.22. The predicted molar refractivity (Wildman–Crippen MR) is 75.7 cm³/mol. The SMILES string of the molecule is COCc1ccccc1N1CCC(N)C(C)C1C. The summed E-state index contributed by atoms with van der Waals surface area (Å²) in [5, 5.41) is 0. The van der Waals surface area contributed by atoms with Gasteiger partial charge >= 0.3 is 0 Å². The Morgan fingerprint density at radius 1 is 1.33 bits per heavy atom. The second kappa shape index (κ2) is 5.72. The fourth-order valence-corrected chi connectivity index (χ4v) is 2.80. The summed E-state index contributed by atoms with van der Waals surface area (Å²) in [5.41, 5.74) is 8.71. The molecule has 3 atom stereocenters. The zero-order valence-electron chi connectivity index (χ0n) is 11.6. The molecule has 0 bridgehead atoms. The van der Waals surface area contributed by atoms with Gasteiger partial charge in [0.2, 0.25) is 0 Å². The molecule has 0 spiro atoms. The van der Waals surface area contributed by atoms with E-state index < -0.39 is 0 Å². The van der Waals surface area contributed by atoms with Crippen LogP contribution in [0.2, 0.25) is 0 Å². The number of anilines is 1. The molecule has 3 nitrogen and oxygen atoms in total. The van der Waals surface area contributed by atoms with Crippen molar-refractivity contribution in [2.24, 2.45) is 11.7 Å². The highest BCUT2D eigenvalue weighted by molar-refractivity contribution is 5.54. The van der Waals surface area contributed by atoms with Crippen molar-refractivity contribution in [1.82, 2.24) is 0 Å². The summed E-state index contributed by atoms with van der Waals surface area (Å²) in [4.78, 5) is 2.47. The van der Waals surface area contributed by atoms with Crippen molar-refractivity contribution in [3.05, 3.63) is 29.8 Å². The van der Waals surface area contributed by atoms with Crippen LogP contribution in [0.25, 0.3) is 0 Å². The van der Waals surface area contributed by atoms with E-state index in [9.17, 15) is 0 Å². The number of benzene rings is 1. The standard InChI is InChI=1S/C15H24N2O/c1-11-12(2)17(9-8-14(11)16)15-7-5-4-6-13(15)10-18-3/h4-7,11-12,14H,8-10,16H2,1-3H3. The summed E-state index contributed by atoms with van der Waals surface area (Å²) in [6.07, 6.45) is 1.06. The summed E-state index contributed by atoms with van der Waals surface area (Å²) < 4.78 is 5.29. The molecular formula is C15H24N2O. The van der Waals surface area contributed by atoms with Crippen molar-refractivity contribution in [3.8, 4) is 0 Å². The molecule has 0 saturated carbocycles. The van der Waals surface area contributed by atoms with E-state index in [1.165, 1.54) is 11.3 Å². The van der Waals surface area contributed by atoms with Gasteiger partial charge in [0.1, 0.15) is 0 Å². The van der Waals surface area contributed by atoms with E-state index in [1.54, 1.807) is 7.11 Å². The van der Waals surface area contributed by atoms with Gasteiger partial charge in [-0.15, -0.1) is 0 Å². The minimum absolute atomic E-state index is 0.325. The summed E-state index contributed by atoms with van der Waals surface area (Å²) in [5.74, 6) is 0.523. The van der Waals surface area contributed by atoms with Crippen LogP contribution < -0.4 is 10.6 Å². The third kappa shape index (κ3) is 2.52. The number of nitrogens with zero attached hydrogens (tertiary/aromatic N) is 1. The number of ether oxygens (including phenoxy) is 1. The van der Waals surface area contributed by atoms with Crippen LogP contribution in [0.3, 0.4) is 0 Å². The Labute approximate surface area is 110 Å². The first-order chi connectivity index (χ1) is 8.65. The number of rotatable bonds is 3. The van der Waals surface area contributed by atoms with Crippen LogP contribution in [0.4, 0.5) is 5.69 Å². The zero-order valence-corrected chi connectivity index (χ0v) is 11.6. The quantitative estimate of drug-likeness (QED) is 0.892. The molecule has 100 valence electrons. The smallest absolute Gasteiger partial charge is 0.0733 e. The van der Waals surface area contributed by atoms with Crippen LogP contribution in [-0.2, 0) is 11.3 Å². The van der Waals surface area contributed by atoms with E-state index in [1.807, 2.05) is 0 Å². The third-order valence-corrected chi connectivity index (χ3v) is 4.23. The van der Waals surface area contributed by atoms with Crippen molar-refractivity contribution in [3.63, 3.8) is 0 Å². The molecule has 0 radical (unpaired) electrons. The van der Waals surface area contributed by atoms with Crippen LogP contribution in [0.5, 0.6) is 0 Å². The first-order valence-electron chi connectivity index (χ1n) is 6.74. The maximum Gasteiger partial charge on any atom is 0.0733 e. The molecule has 0 amide bonds. The number of para-hydroxylation sites is 1. The van der Waals surface area contributed by atoms with Crippen molar-refractivity contribution >= 4 is 5.69 Å². The molecule has 3 unspecified atom stereocenters. The van der Waals surface area contributed by atoms with E-state index in [0.29, 0.717) is 24.6 Å². The molecule has 1 heterocycles. The summed E-state index contributed by atoms with van der Waals surface area (Å²) in [7, 11) is 1.74. The zero-order chi connectivity index (χ0) is 13.1. The Kier molecular flexibility index (Phi) is 4.25. The number of nitrogens with two attached hydrogens (primary N) is 1. The van der Waals surface area contributed by atoms with Gasteiger partial charge in [-0.05, 0) is 25.3 Å². The van der Waals surface area contributed by atoms with Gasteiger partial charge in [0.25, 0.3) is 0 Å². The van der Waals surface area contributed by atoms with E-state index in [0.717, 1.165) is 13.0 Å². The number of methoxy groups -OCH3 is 1. The van der Waals surface area contributed by atoms with Crippen LogP contribution in [0, 0.1) is 5.92 Å². The van der Waals surface area contributed by atoms with E-state index in [2.05, 4.69) is 43.0 Å². The van der Waals surface area contributed by atoms with E-state index in [4.69, 9.17) is 10.5 Å². The molecule has 2 N–H and O–H groups in total. The Hall–Kier alpha value is -1.06. The molecule has 1 saturated heterocycles. The average Bonchev–Trinajstić information content (AvgIpc) is 2.38. The average molecular weight is 248 g/mol. The van der Waals surface area contributed by atoms with Gasteiger partial charge in [0.05, 0.1) is 6.61 Å².